The van der Waals surface area contributed by atoms with Gasteiger partial charge >= 0.3 is 0 Å². The predicted molar refractivity (Wildman–Crippen MR) is 144 cm³/mol. The van der Waals surface area contributed by atoms with E-state index in [0.29, 0.717) is 11.1 Å². The van der Waals surface area contributed by atoms with E-state index < -0.39 is 5.91 Å². The lowest BCUT2D eigenvalue weighted by atomic mass is 9.48. The van der Waals surface area contributed by atoms with Gasteiger partial charge in [0.1, 0.15) is 11.6 Å². The molecule has 4 aliphatic rings. The highest BCUT2D eigenvalue weighted by atomic mass is 16.1. The lowest BCUT2D eigenvalue weighted by Gasteiger charge is -2.57. The smallest absolute Gasteiger partial charge is 0.266 e. The first-order valence-electron chi connectivity index (χ1n) is 13.2. The topological polar surface area (TPSA) is 57.8 Å². The van der Waals surface area contributed by atoms with Gasteiger partial charge in [-0.05, 0) is 123 Å². The monoisotopic (exact) mass is 475 g/mol. The number of nitriles is 1. The van der Waals surface area contributed by atoms with Crippen molar-refractivity contribution < 1.29 is 4.79 Å². The fourth-order valence-corrected chi connectivity index (χ4v) is 7.78. The average Bonchev–Trinajstić information content (AvgIpc) is 3.14. The first kappa shape index (κ1) is 22.9. The number of amides is 1. The molecule has 0 radical (unpaired) electrons. The maximum absolute atomic E-state index is 12.7. The average molecular weight is 476 g/mol. The third-order valence-electron chi connectivity index (χ3n) is 8.94. The number of carbonyl (C=O) groups excluding carboxylic acids is 1. The Labute approximate surface area is 213 Å². The van der Waals surface area contributed by atoms with Gasteiger partial charge in [-0.15, -0.1) is 0 Å². The summed E-state index contributed by atoms with van der Waals surface area (Å²) >= 11 is 0. The van der Waals surface area contributed by atoms with Crippen molar-refractivity contribution in [3.63, 3.8) is 0 Å². The minimum Gasteiger partial charge on any atom is -0.321 e. The number of anilines is 1. The van der Waals surface area contributed by atoms with E-state index in [9.17, 15) is 10.1 Å². The van der Waals surface area contributed by atoms with Gasteiger partial charge in [0, 0.05) is 22.8 Å². The number of aryl methyl sites for hydroxylation is 1. The molecular formula is C32H33N3O. The molecule has 0 aliphatic heterocycles. The third-order valence-corrected chi connectivity index (χ3v) is 8.94. The quantitative estimate of drug-likeness (QED) is 0.316. The van der Waals surface area contributed by atoms with Crippen molar-refractivity contribution in [3.8, 4) is 11.8 Å². The number of benzene rings is 2. The highest BCUT2D eigenvalue weighted by molar-refractivity contribution is 6.09. The number of aromatic nitrogens is 1. The van der Waals surface area contributed by atoms with Crippen LogP contribution in [0.15, 0.2) is 66.2 Å². The van der Waals surface area contributed by atoms with Crippen LogP contribution in [0.5, 0.6) is 0 Å². The zero-order chi connectivity index (χ0) is 24.9. The summed E-state index contributed by atoms with van der Waals surface area (Å²) < 4.78 is 2.22. The molecule has 3 aromatic rings. The van der Waals surface area contributed by atoms with Gasteiger partial charge in [-0.1, -0.05) is 30.3 Å². The van der Waals surface area contributed by atoms with Crippen LogP contribution in [0.3, 0.4) is 0 Å². The van der Waals surface area contributed by atoms with E-state index in [2.05, 4.69) is 60.1 Å². The van der Waals surface area contributed by atoms with Crippen molar-refractivity contribution in [2.75, 3.05) is 5.32 Å². The highest BCUT2D eigenvalue weighted by Gasteiger charge is 2.51. The Morgan fingerprint density at radius 2 is 1.58 bits per heavy atom. The fraction of sp³-hybridized carbons (Fsp3) is 0.375. The Balaban J connectivity index is 1.26. The first-order valence-corrected chi connectivity index (χ1v) is 13.2. The molecule has 4 heteroatoms. The van der Waals surface area contributed by atoms with Gasteiger partial charge in [-0.25, -0.2) is 0 Å². The molecule has 1 N–H and O–H groups in total. The van der Waals surface area contributed by atoms with Gasteiger partial charge in [0.25, 0.3) is 5.91 Å². The Morgan fingerprint density at radius 3 is 2.17 bits per heavy atom. The summed E-state index contributed by atoms with van der Waals surface area (Å²) in [6, 6.07) is 22.6. The maximum atomic E-state index is 12.7. The number of rotatable bonds is 5. The van der Waals surface area contributed by atoms with Crippen LogP contribution in [-0.4, -0.2) is 10.5 Å². The van der Waals surface area contributed by atoms with Crippen molar-refractivity contribution in [2.24, 2.45) is 17.8 Å². The summed E-state index contributed by atoms with van der Waals surface area (Å²) in [5, 5.41) is 12.5. The van der Waals surface area contributed by atoms with E-state index in [-0.39, 0.29) is 5.57 Å². The molecule has 4 aliphatic carbocycles. The van der Waals surface area contributed by atoms with Crippen LogP contribution >= 0.6 is 0 Å². The van der Waals surface area contributed by atoms with Crippen LogP contribution in [0.25, 0.3) is 11.8 Å². The first-order chi connectivity index (χ1) is 17.4. The molecule has 4 saturated carbocycles. The molecule has 36 heavy (non-hydrogen) atoms. The SMILES string of the molecule is Cc1cc(/C=C(/C#N)C(=O)Nc2ccccc2)c(C)n1-c1ccc(C23CC4CC(CC(C4)C2)C3)cc1. The maximum Gasteiger partial charge on any atom is 0.266 e. The predicted octanol–water partition coefficient (Wildman–Crippen LogP) is 7.11. The zero-order valence-electron chi connectivity index (χ0n) is 21.1. The highest BCUT2D eigenvalue weighted by Crippen LogP contribution is 2.60. The summed E-state index contributed by atoms with van der Waals surface area (Å²) in [7, 11) is 0. The summed E-state index contributed by atoms with van der Waals surface area (Å²) in [6.07, 6.45) is 10.2. The summed E-state index contributed by atoms with van der Waals surface area (Å²) in [4.78, 5) is 12.7. The molecule has 0 unspecified atom stereocenters. The summed E-state index contributed by atoms with van der Waals surface area (Å²) in [5.74, 6) is 2.42. The van der Waals surface area contributed by atoms with Crippen LogP contribution < -0.4 is 5.32 Å². The van der Waals surface area contributed by atoms with E-state index in [1.807, 2.05) is 30.3 Å². The van der Waals surface area contributed by atoms with Crippen LogP contribution in [0.2, 0.25) is 0 Å². The van der Waals surface area contributed by atoms with Gasteiger partial charge < -0.3 is 9.88 Å². The van der Waals surface area contributed by atoms with Gasteiger partial charge in [-0.2, -0.15) is 5.26 Å². The Morgan fingerprint density at radius 1 is 0.972 bits per heavy atom. The van der Waals surface area contributed by atoms with Gasteiger partial charge in [-0.3, -0.25) is 4.79 Å². The van der Waals surface area contributed by atoms with Crippen LogP contribution in [0, 0.1) is 42.9 Å². The lowest BCUT2D eigenvalue weighted by molar-refractivity contribution is -0.112. The van der Waals surface area contributed by atoms with Crippen molar-refractivity contribution in [2.45, 2.75) is 57.8 Å². The molecular weight excluding hydrogens is 442 g/mol. The number of nitrogens with zero attached hydrogens (tertiary/aromatic N) is 2. The van der Waals surface area contributed by atoms with Crippen LogP contribution in [0.4, 0.5) is 5.69 Å². The Hall–Kier alpha value is -3.58. The molecule has 0 saturated heterocycles. The number of carbonyl (C=O) groups is 1. The lowest BCUT2D eigenvalue weighted by Crippen LogP contribution is -2.48. The third kappa shape index (κ3) is 3.97. The van der Waals surface area contributed by atoms with E-state index in [0.717, 1.165) is 40.4 Å². The van der Waals surface area contributed by atoms with E-state index in [1.165, 1.54) is 44.1 Å². The standard InChI is InChI=1S/C32H33N3O/c1-21-12-26(16-27(20-33)31(36)34-29-6-4-3-5-7-29)22(2)35(21)30-10-8-28(9-11-30)32-17-23-13-24(18-32)15-25(14-23)19-32/h3-12,16,23-25H,13-15,17-19H2,1-2H3,(H,34,36)/b27-16-. The number of hydrogen-bond acceptors (Lipinski definition) is 2. The summed E-state index contributed by atoms with van der Waals surface area (Å²) in [6.45, 7) is 4.13. The van der Waals surface area contributed by atoms with Crippen molar-refractivity contribution >= 4 is 17.7 Å². The van der Waals surface area contributed by atoms with E-state index >= 15 is 0 Å². The second kappa shape index (κ2) is 8.82. The van der Waals surface area contributed by atoms with Gasteiger partial charge in [0.05, 0.1) is 0 Å². The van der Waals surface area contributed by atoms with Crippen LogP contribution in [0.1, 0.15) is 61.0 Å². The van der Waals surface area contributed by atoms with Crippen molar-refractivity contribution in [1.29, 1.82) is 5.26 Å². The molecule has 1 heterocycles. The molecule has 0 atom stereocenters. The van der Waals surface area contributed by atoms with Crippen molar-refractivity contribution in [1.82, 2.24) is 4.57 Å². The second-order valence-electron chi connectivity index (χ2n) is 11.4. The molecule has 1 amide bonds. The van der Waals surface area contributed by atoms with E-state index in [1.54, 1.807) is 6.08 Å². The van der Waals surface area contributed by atoms with Crippen molar-refractivity contribution in [3.05, 3.63) is 88.8 Å². The van der Waals surface area contributed by atoms with E-state index in [4.69, 9.17) is 0 Å². The van der Waals surface area contributed by atoms with Crippen LogP contribution in [-0.2, 0) is 10.2 Å². The Bertz CT molecular complexity index is 1340. The number of para-hydroxylation sites is 1. The zero-order valence-corrected chi connectivity index (χ0v) is 21.1. The fourth-order valence-electron chi connectivity index (χ4n) is 7.78. The molecule has 182 valence electrons. The normalized spacial score (nSPS) is 26.6. The summed E-state index contributed by atoms with van der Waals surface area (Å²) in [5.41, 5.74) is 6.82. The second-order valence-corrected chi connectivity index (χ2v) is 11.4. The van der Waals surface area contributed by atoms with Gasteiger partial charge in [0.2, 0.25) is 0 Å². The Kier molecular flexibility index (Phi) is 5.60. The number of hydrogen-bond donors (Lipinski definition) is 1. The largest absolute Gasteiger partial charge is 0.321 e. The number of nitrogens with one attached hydrogen (secondary N) is 1. The molecule has 4 bridgehead atoms. The molecule has 1 aromatic heterocycles. The molecule has 4 nitrogen and oxygen atoms in total. The minimum absolute atomic E-state index is 0.0938. The molecule has 7 rings (SSSR count). The molecule has 2 aromatic carbocycles. The molecule has 4 fully saturated rings. The van der Waals surface area contributed by atoms with Gasteiger partial charge in [0.15, 0.2) is 0 Å². The molecule has 0 spiro atoms. The minimum atomic E-state index is -0.395.